The number of hydrogen-bond acceptors (Lipinski definition) is 5. The van der Waals surface area contributed by atoms with Crippen molar-refractivity contribution in [3.63, 3.8) is 0 Å². The highest BCUT2D eigenvalue weighted by molar-refractivity contribution is 5.69. The number of aryl methyl sites for hydroxylation is 2. The Kier molecular flexibility index (Phi) is 9.57. The van der Waals surface area contributed by atoms with Crippen LogP contribution in [0, 0.1) is 6.92 Å². The van der Waals surface area contributed by atoms with E-state index in [-0.39, 0.29) is 19.1 Å². The lowest BCUT2D eigenvalue weighted by molar-refractivity contribution is -0.136. The van der Waals surface area contributed by atoms with Gasteiger partial charge in [0.2, 0.25) is 0 Å². The standard InChI is InChI=1S/C32H35N3O5/c1-22(2)40-32(38)33-21-28-20-29(15-13-26(28)14-16-31(36)37)39-18-17-35-23(3)19-30(34-35)27-11-9-25(10-12-27)24-7-5-4-6-8-24/h4-13,15,19-20,22H,14,16-18,21H2,1-3H3,(H,33,38)(H,36,37). The van der Waals surface area contributed by atoms with Crippen LogP contribution in [0.2, 0.25) is 0 Å². The molecule has 0 saturated heterocycles. The number of benzene rings is 3. The van der Waals surface area contributed by atoms with Crippen molar-refractivity contribution in [2.75, 3.05) is 6.61 Å². The first-order chi connectivity index (χ1) is 19.3. The molecule has 4 rings (SSSR count). The summed E-state index contributed by atoms with van der Waals surface area (Å²) >= 11 is 0. The molecule has 8 nitrogen and oxygen atoms in total. The fraction of sp³-hybridized carbons (Fsp3) is 0.281. The molecule has 0 atom stereocenters. The molecule has 4 aromatic rings. The fourth-order valence-corrected chi connectivity index (χ4v) is 4.36. The topological polar surface area (TPSA) is 103 Å². The highest BCUT2D eigenvalue weighted by Gasteiger charge is 2.12. The second-order valence-corrected chi connectivity index (χ2v) is 9.82. The number of amides is 1. The van der Waals surface area contributed by atoms with Crippen LogP contribution in [0.1, 0.15) is 37.1 Å². The van der Waals surface area contributed by atoms with Crippen LogP contribution in [0.15, 0.2) is 78.9 Å². The van der Waals surface area contributed by atoms with Gasteiger partial charge in [0.15, 0.2) is 0 Å². The molecule has 0 unspecified atom stereocenters. The van der Waals surface area contributed by atoms with Gasteiger partial charge in [0.1, 0.15) is 12.4 Å². The lowest BCUT2D eigenvalue weighted by atomic mass is 10.0. The number of carbonyl (C=O) groups excluding carboxylic acids is 1. The molecular formula is C32H35N3O5. The van der Waals surface area contributed by atoms with Gasteiger partial charge in [-0.05, 0) is 67.6 Å². The van der Waals surface area contributed by atoms with Crippen LogP contribution in [-0.2, 0) is 29.0 Å². The Morgan fingerprint density at radius 2 is 1.62 bits per heavy atom. The van der Waals surface area contributed by atoms with E-state index in [9.17, 15) is 9.59 Å². The quantitative estimate of drug-likeness (QED) is 0.220. The van der Waals surface area contributed by atoms with E-state index in [1.54, 1.807) is 13.8 Å². The second kappa shape index (κ2) is 13.5. The number of nitrogens with zero attached hydrogens (tertiary/aromatic N) is 2. The van der Waals surface area contributed by atoms with Crippen LogP contribution in [0.5, 0.6) is 5.75 Å². The Morgan fingerprint density at radius 3 is 2.33 bits per heavy atom. The summed E-state index contributed by atoms with van der Waals surface area (Å²) in [5.41, 5.74) is 6.95. The van der Waals surface area contributed by atoms with Gasteiger partial charge < -0.3 is 19.9 Å². The summed E-state index contributed by atoms with van der Waals surface area (Å²) in [6, 6.07) is 26.2. The smallest absolute Gasteiger partial charge is 0.407 e. The average molecular weight is 542 g/mol. The number of nitrogens with one attached hydrogen (secondary N) is 1. The zero-order valence-corrected chi connectivity index (χ0v) is 23.1. The van der Waals surface area contributed by atoms with Crippen molar-refractivity contribution in [3.8, 4) is 28.1 Å². The molecule has 0 bridgehead atoms. The third-order valence-corrected chi connectivity index (χ3v) is 6.39. The van der Waals surface area contributed by atoms with Crippen LogP contribution in [0.25, 0.3) is 22.4 Å². The van der Waals surface area contributed by atoms with Crippen molar-refractivity contribution in [1.82, 2.24) is 15.1 Å². The minimum Gasteiger partial charge on any atom is -0.492 e. The Labute approximate surface area is 234 Å². The van der Waals surface area contributed by atoms with Gasteiger partial charge >= 0.3 is 12.1 Å². The Morgan fingerprint density at radius 1 is 0.925 bits per heavy atom. The molecular weight excluding hydrogens is 506 g/mol. The molecule has 0 radical (unpaired) electrons. The highest BCUT2D eigenvalue weighted by Crippen LogP contribution is 2.25. The minimum absolute atomic E-state index is 0.000461. The summed E-state index contributed by atoms with van der Waals surface area (Å²) in [5, 5.41) is 16.6. The maximum absolute atomic E-state index is 12.0. The van der Waals surface area contributed by atoms with Gasteiger partial charge in [0.25, 0.3) is 0 Å². The molecule has 0 aliphatic heterocycles. The van der Waals surface area contributed by atoms with E-state index in [4.69, 9.17) is 19.7 Å². The Bertz CT molecular complexity index is 1430. The molecule has 1 heterocycles. The number of carboxylic acid groups (broad SMARTS) is 1. The maximum Gasteiger partial charge on any atom is 0.407 e. The SMILES string of the molecule is Cc1cc(-c2ccc(-c3ccccc3)cc2)nn1CCOc1ccc(CCC(=O)O)c(CNC(=O)OC(C)C)c1. The van der Waals surface area contributed by atoms with Crippen molar-refractivity contribution in [1.29, 1.82) is 0 Å². The van der Waals surface area contributed by atoms with Crippen molar-refractivity contribution in [2.24, 2.45) is 0 Å². The summed E-state index contributed by atoms with van der Waals surface area (Å²) in [5.74, 6) is -0.241. The highest BCUT2D eigenvalue weighted by atomic mass is 16.6. The van der Waals surface area contributed by atoms with Gasteiger partial charge in [-0.2, -0.15) is 5.10 Å². The summed E-state index contributed by atoms with van der Waals surface area (Å²) in [6.45, 7) is 6.74. The van der Waals surface area contributed by atoms with E-state index in [0.29, 0.717) is 25.3 Å². The Balaban J connectivity index is 1.38. The van der Waals surface area contributed by atoms with Crippen LogP contribution >= 0.6 is 0 Å². The normalized spacial score (nSPS) is 10.9. The third-order valence-electron chi connectivity index (χ3n) is 6.39. The average Bonchev–Trinajstić information content (AvgIpc) is 3.31. The van der Waals surface area contributed by atoms with Gasteiger partial charge in [0, 0.05) is 24.2 Å². The zero-order valence-electron chi connectivity index (χ0n) is 23.1. The first kappa shape index (κ1) is 28.4. The molecule has 0 aliphatic rings. The predicted octanol–water partition coefficient (Wildman–Crippen LogP) is 6.26. The maximum atomic E-state index is 12.0. The molecule has 0 spiro atoms. The Hall–Kier alpha value is -4.59. The number of carbonyl (C=O) groups is 2. The number of hydrogen-bond donors (Lipinski definition) is 2. The van der Waals surface area contributed by atoms with Crippen molar-refractivity contribution in [3.05, 3.63) is 95.7 Å². The summed E-state index contributed by atoms with van der Waals surface area (Å²) in [6.07, 6.45) is -0.404. The lowest BCUT2D eigenvalue weighted by Crippen LogP contribution is -2.26. The van der Waals surface area contributed by atoms with Gasteiger partial charge in [-0.1, -0.05) is 60.7 Å². The van der Waals surface area contributed by atoms with Gasteiger partial charge in [-0.3, -0.25) is 9.48 Å². The fourth-order valence-electron chi connectivity index (χ4n) is 4.36. The van der Waals surface area contributed by atoms with Gasteiger partial charge in [-0.15, -0.1) is 0 Å². The first-order valence-electron chi connectivity index (χ1n) is 13.4. The van der Waals surface area contributed by atoms with E-state index in [0.717, 1.165) is 33.6 Å². The van der Waals surface area contributed by atoms with Crippen molar-refractivity contribution >= 4 is 12.1 Å². The largest absolute Gasteiger partial charge is 0.492 e. The van der Waals surface area contributed by atoms with Gasteiger partial charge in [-0.25, -0.2) is 4.79 Å². The molecule has 1 aromatic heterocycles. The predicted molar refractivity (Wildman–Crippen MR) is 154 cm³/mol. The molecule has 40 heavy (non-hydrogen) atoms. The number of alkyl carbamates (subject to hydrolysis) is 1. The van der Waals surface area contributed by atoms with Crippen LogP contribution in [0.3, 0.4) is 0 Å². The monoisotopic (exact) mass is 541 g/mol. The van der Waals surface area contributed by atoms with Gasteiger partial charge in [0.05, 0.1) is 18.3 Å². The summed E-state index contributed by atoms with van der Waals surface area (Å²) < 4.78 is 13.1. The van der Waals surface area contributed by atoms with Crippen LogP contribution in [-0.4, -0.2) is 39.7 Å². The van der Waals surface area contributed by atoms with Crippen LogP contribution in [0.4, 0.5) is 4.79 Å². The molecule has 0 fully saturated rings. The number of aliphatic carboxylic acids is 1. The summed E-state index contributed by atoms with van der Waals surface area (Å²) in [7, 11) is 0. The van der Waals surface area contributed by atoms with Crippen molar-refractivity contribution < 1.29 is 24.2 Å². The summed E-state index contributed by atoms with van der Waals surface area (Å²) in [4.78, 5) is 23.1. The molecule has 1 amide bonds. The van der Waals surface area contributed by atoms with E-state index >= 15 is 0 Å². The first-order valence-corrected chi connectivity index (χ1v) is 13.4. The molecule has 0 aliphatic carbocycles. The van der Waals surface area contributed by atoms with Crippen LogP contribution < -0.4 is 10.1 Å². The molecule has 3 aromatic carbocycles. The van der Waals surface area contributed by atoms with E-state index in [1.165, 1.54) is 5.56 Å². The molecule has 2 N–H and O–H groups in total. The molecule has 208 valence electrons. The molecule has 0 saturated carbocycles. The number of rotatable bonds is 12. The third kappa shape index (κ3) is 7.96. The van der Waals surface area contributed by atoms with E-state index in [2.05, 4.69) is 47.8 Å². The molecule has 8 heteroatoms. The zero-order chi connectivity index (χ0) is 28.5. The number of ether oxygens (including phenoxy) is 2. The van der Waals surface area contributed by atoms with E-state index in [1.807, 2.05) is 48.0 Å². The minimum atomic E-state index is -0.875. The number of carboxylic acids is 1. The number of aromatic nitrogens is 2. The second-order valence-electron chi connectivity index (χ2n) is 9.82. The van der Waals surface area contributed by atoms with Crippen molar-refractivity contribution in [2.45, 2.75) is 52.8 Å². The lowest BCUT2D eigenvalue weighted by Gasteiger charge is -2.14. The van der Waals surface area contributed by atoms with E-state index < -0.39 is 12.1 Å².